The smallest absolute Gasteiger partial charge is 0.407 e. The van der Waals surface area contributed by atoms with Crippen molar-refractivity contribution in [2.24, 2.45) is 10.8 Å². The molecule has 0 bridgehead atoms. The Hall–Kier alpha value is -3.40. The van der Waals surface area contributed by atoms with Crippen molar-refractivity contribution in [3.63, 3.8) is 0 Å². The fourth-order valence-corrected chi connectivity index (χ4v) is 3.04. The molecule has 0 aliphatic heterocycles. The summed E-state index contributed by atoms with van der Waals surface area (Å²) in [5.41, 5.74) is 8.95. The number of hydrogen-bond donors (Lipinski definition) is 3. The van der Waals surface area contributed by atoms with Crippen molar-refractivity contribution in [3.05, 3.63) is 64.1 Å². The number of halogens is 1. The van der Waals surface area contributed by atoms with Crippen LogP contribution >= 0.6 is 15.9 Å². The van der Waals surface area contributed by atoms with E-state index in [2.05, 4.69) is 31.8 Å². The zero-order chi connectivity index (χ0) is 22.6. The Kier molecular flexibility index (Phi) is 9.50. The van der Waals surface area contributed by atoms with Crippen molar-refractivity contribution in [3.8, 4) is 5.75 Å². The van der Waals surface area contributed by atoms with E-state index in [1.807, 2.05) is 30.3 Å². The number of carbonyl (C=O) groups excluding carboxylic acids is 3. The van der Waals surface area contributed by atoms with Gasteiger partial charge in [0.25, 0.3) is 5.91 Å². The molecule has 0 saturated heterocycles. The minimum atomic E-state index is -0.601. The van der Waals surface area contributed by atoms with Gasteiger partial charge in [0, 0.05) is 0 Å². The molecule has 10 heteroatoms. The first kappa shape index (κ1) is 23.9. The second-order valence-electron chi connectivity index (χ2n) is 6.27. The first-order chi connectivity index (χ1) is 14.9. The Morgan fingerprint density at radius 3 is 2.58 bits per heavy atom. The van der Waals surface area contributed by atoms with E-state index in [1.165, 1.54) is 6.21 Å². The molecule has 9 nitrogen and oxygen atoms in total. The van der Waals surface area contributed by atoms with Crippen molar-refractivity contribution < 1.29 is 23.9 Å². The van der Waals surface area contributed by atoms with Crippen LogP contribution in [0.5, 0.6) is 5.75 Å². The molecule has 0 aromatic heterocycles. The van der Waals surface area contributed by atoms with E-state index < -0.39 is 18.0 Å². The van der Waals surface area contributed by atoms with E-state index in [4.69, 9.17) is 15.2 Å². The molecular formula is C21H23BrN4O5. The van der Waals surface area contributed by atoms with Crippen LogP contribution in [-0.4, -0.2) is 37.3 Å². The molecule has 4 N–H and O–H groups in total. The summed E-state index contributed by atoms with van der Waals surface area (Å²) < 4.78 is 10.8. The molecule has 31 heavy (non-hydrogen) atoms. The zero-order valence-electron chi connectivity index (χ0n) is 16.8. The Bertz CT molecular complexity index is 937. The number of hydrogen-bond acceptors (Lipinski definition) is 6. The molecule has 0 aliphatic rings. The van der Waals surface area contributed by atoms with Crippen molar-refractivity contribution in [1.82, 2.24) is 10.7 Å². The van der Waals surface area contributed by atoms with Crippen molar-refractivity contribution >= 4 is 40.1 Å². The third-order valence-electron chi connectivity index (χ3n) is 3.89. The third kappa shape index (κ3) is 8.47. The van der Waals surface area contributed by atoms with Crippen LogP contribution < -0.4 is 21.2 Å². The number of ether oxygens (including phenoxy) is 2. The van der Waals surface area contributed by atoms with Gasteiger partial charge in [-0.05, 0) is 52.2 Å². The Balaban J connectivity index is 1.96. The fourth-order valence-electron chi connectivity index (χ4n) is 2.53. The number of nitrogens with two attached hydrogens (primary N) is 1. The van der Waals surface area contributed by atoms with Crippen LogP contribution in [0.25, 0.3) is 0 Å². The summed E-state index contributed by atoms with van der Waals surface area (Å²) in [4.78, 5) is 35.0. The van der Waals surface area contributed by atoms with Gasteiger partial charge in [0.2, 0.25) is 5.91 Å². The van der Waals surface area contributed by atoms with E-state index in [9.17, 15) is 14.4 Å². The lowest BCUT2D eigenvalue weighted by Crippen LogP contribution is -2.33. The van der Waals surface area contributed by atoms with Gasteiger partial charge in [-0.25, -0.2) is 10.2 Å². The van der Waals surface area contributed by atoms with Crippen LogP contribution in [0, 0.1) is 0 Å². The van der Waals surface area contributed by atoms with Crippen molar-refractivity contribution in [2.45, 2.75) is 19.4 Å². The van der Waals surface area contributed by atoms with Gasteiger partial charge in [-0.3, -0.25) is 9.59 Å². The molecule has 0 spiro atoms. The van der Waals surface area contributed by atoms with Crippen LogP contribution in [0.1, 0.15) is 30.5 Å². The molecule has 0 aliphatic carbocycles. The second-order valence-corrected chi connectivity index (χ2v) is 7.12. The SMILES string of the molecule is CCOC(=O)N[C@@H](CC(=O)N/N=C\c1ccc(OCC(N)=O)c(Br)c1)c1ccccc1. The van der Waals surface area contributed by atoms with Gasteiger partial charge < -0.3 is 20.5 Å². The van der Waals surface area contributed by atoms with Gasteiger partial charge in [0.1, 0.15) is 5.75 Å². The summed E-state index contributed by atoms with van der Waals surface area (Å²) in [7, 11) is 0. The van der Waals surface area contributed by atoms with Crippen LogP contribution in [0.4, 0.5) is 4.79 Å². The van der Waals surface area contributed by atoms with Crippen LogP contribution in [0.3, 0.4) is 0 Å². The quantitative estimate of drug-likeness (QED) is 0.347. The molecule has 2 aromatic carbocycles. The summed E-state index contributed by atoms with van der Waals surface area (Å²) in [5.74, 6) is -0.510. The minimum Gasteiger partial charge on any atom is -0.483 e. The largest absolute Gasteiger partial charge is 0.483 e. The number of primary amides is 1. The number of hydrazone groups is 1. The average molecular weight is 491 g/mol. The number of carbonyl (C=O) groups is 3. The van der Waals surface area contributed by atoms with Gasteiger partial charge in [-0.2, -0.15) is 5.10 Å². The predicted octanol–water partition coefficient (Wildman–Crippen LogP) is 2.64. The molecule has 2 rings (SSSR count). The first-order valence-electron chi connectivity index (χ1n) is 9.39. The Labute approximate surface area is 188 Å². The number of rotatable bonds is 10. The highest BCUT2D eigenvalue weighted by molar-refractivity contribution is 9.10. The zero-order valence-corrected chi connectivity index (χ0v) is 18.4. The molecule has 0 heterocycles. The molecule has 0 saturated carbocycles. The van der Waals surface area contributed by atoms with Gasteiger partial charge in [-0.15, -0.1) is 0 Å². The highest BCUT2D eigenvalue weighted by atomic mass is 79.9. The summed E-state index contributed by atoms with van der Waals surface area (Å²) in [5, 5.41) is 6.62. The predicted molar refractivity (Wildman–Crippen MR) is 119 cm³/mol. The Morgan fingerprint density at radius 1 is 1.19 bits per heavy atom. The van der Waals surface area contributed by atoms with Crippen molar-refractivity contribution in [2.75, 3.05) is 13.2 Å². The van der Waals surface area contributed by atoms with Gasteiger partial charge >= 0.3 is 6.09 Å². The second kappa shape index (κ2) is 12.3. The van der Waals surface area contributed by atoms with Gasteiger partial charge in [0.05, 0.1) is 29.8 Å². The maximum absolute atomic E-state index is 12.3. The van der Waals surface area contributed by atoms with E-state index in [-0.39, 0.29) is 25.5 Å². The summed E-state index contributed by atoms with van der Waals surface area (Å²) in [6, 6.07) is 13.6. The van der Waals surface area contributed by atoms with Crippen LogP contribution in [0.2, 0.25) is 0 Å². The van der Waals surface area contributed by atoms with E-state index in [1.54, 1.807) is 25.1 Å². The van der Waals surface area contributed by atoms with Gasteiger partial charge in [-0.1, -0.05) is 30.3 Å². The van der Waals surface area contributed by atoms with E-state index >= 15 is 0 Å². The lowest BCUT2D eigenvalue weighted by Gasteiger charge is -2.18. The molecule has 0 fully saturated rings. The number of amides is 3. The average Bonchev–Trinajstić information content (AvgIpc) is 2.73. The summed E-state index contributed by atoms with van der Waals surface area (Å²) >= 11 is 3.33. The standard InChI is InChI=1S/C21H23BrN4O5/c1-2-30-21(29)25-17(15-6-4-3-5-7-15)11-20(28)26-24-12-14-8-9-18(16(22)10-14)31-13-19(23)27/h3-10,12,17H,2,11,13H2,1H3,(H2,23,27)(H,25,29)(H,26,28)/b24-12-/t17-/m0/s1. The molecule has 164 valence electrons. The molecule has 1 atom stereocenters. The topological polar surface area (TPSA) is 132 Å². The van der Waals surface area contributed by atoms with Crippen LogP contribution in [-0.2, 0) is 14.3 Å². The maximum Gasteiger partial charge on any atom is 0.407 e. The monoisotopic (exact) mass is 490 g/mol. The number of nitrogens with zero attached hydrogens (tertiary/aromatic N) is 1. The molecule has 0 radical (unpaired) electrons. The summed E-state index contributed by atoms with van der Waals surface area (Å²) in [6.45, 7) is 1.70. The summed E-state index contributed by atoms with van der Waals surface area (Å²) in [6.07, 6.45) is 0.830. The fraction of sp³-hybridized carbons (Fsp3) is 0.238. The third-order valence-corrected chi connectivity index (χ3v) is 4.51. The van der Waals surface area contributed by atoms with Gasteiger partial charge in [0.15, 0.2) is 6.61 Å². The number of benzene rings is 2. The van der Waals surface area contributed by atoms with Crippen LogP contribution in [0.15, 0.2) is 58.1 Å². The Morgan fingerprint density at radius 2 is 1.94 bits per heavy atom. The molecule has 3 amide bonds. The normalized spacial score (nSPS) is 11.5. The van der Waals surface area contributed by atoms with E-state index in [0.717, 1.165) is 5.56 Å². The highest BCUT2D eigenvalue weighted by Gasteiger charge is 2.18. The first-order valence-corrected chi connectivity index (χ1v) is 10.2. The highest BCUT2D eigenvalue weighted by Crippen LogP contribution is 2.25. The lowest BCUT2D eigenvalue weighted by atomic mass is 10.0. The molecule has 2 aromatic rings. The molecule has 0 unspecified atom stereocenters. The minimum absolute atomic E-state index is 0.0241. The number of alkyl carbamates (subject to hydrolysis) is 1. The lowest BCUT2D eigenvalue weighted by molar-refractivity contribution is -0.121. The molecular weight excluding hydrogens is 468 g/mol. The van der Waals surface area contributed by atoms with Crippen molar-refractivity contribution in [1.29, 1.82) is 0 Å². The van der Waals surface area contributed by atoms with E-state index in [0.29, 0.717) is 15.8 Å². The number of nitrogens with one attached hydrogen (secondary N) is 2. The maximum atomic E-state index is 12.3.